The molecule has 1 N–H and O–H groups in total. The summed E-state index contributed by atoms with van der Waals surface area (Å²) in [6.07, 6.45) is 1.45. The molecule has 2 aromatic carbocycles. The summed E-state index contributed by atoms with van der Waals surface area (Å²) in [7, 11) is -2.86. The first-order chi connectivity index (χ1) is 14.1. The van der Waals surface area contributed by atoms with Gasteiger partial charge in [0.25, 0.3) is 15.9 Å². The second-order valence-corrected chi connectivity index (χ2v) is 9.20. The van der Waals surface area contributed by atoms with Crippen molar-refractivity contribution in [3.8, 4) is 5.75 Å². The number of hydrogen-bond acceptors (Lipinski definition) is 5. The van der Waals surface area contributed by atoms with Gasteiger partial charge in [0.15, 0.2) is 0 Å². The largest absolute Gasteiger partial charge is 0.496 e. The molecule has 1 unspecified atom stereocenters. The lowest BCUT2D eigenvalue weighted by molar-refractivity contribution is -0.130. The van der Waals surface area contributed by atoms with Crippen LogP contribution in [0.5, 0.6) is 5.75 Å². The number of nitrogens with zero attached hydrogens (tertiary/aromatic N) is 1. The van der Waals surface area contributed by atoms with E-state index in [2.05, 4.69) is 5.32 Å². The van der Waals surface area contributed by atoms with Crippen molar-refractivity contribution in [3.63, 3.8) is 0 Å². The Morgan fingerprint density at radius 3 is 2.37 bits per heavy atom. The second kappa shape index (κ2) is 8.67. The highest BCUT2D eigenvalue weighted by atomic mass is 35.5. The van der Waals surface area contributed by atoms with Crippen molar-refractivity contribution in [2.45, 2.75) is 17.9 Å². The van der Waals surface area contributed by atoms with Gasteiger partial charge in [0.2, 0.25) is 5.91 Å². The van der Waals surface area contributed by atoms with Crippen molar-refractivity contribution in [3.05, 3.63) is 63.6 Å². The average molecular weight is 469 g/mol. The molecule has 2 amide bonds. The van der Waals surface area contributed by atoms with Gasteiger partial charge in [-0.2, -0.15) is 0 Å². The number of benzene rings is 2. The molecule has 0 spiro atoms. The van der Waals surface area contributed by atoms with Crippen LogP contribution in [0.3, 0.4) is 0 Å². The number of carbonyl (C=O) groups is 2. The molecule has 1 aliphatic rings. The highest BCUT2D eigenvalue weighted by Gasteiger charge is 2.40. The molecule has 1 atom stereocenters. The number of nitrogens with one attached hydrogen (secondary N) is 1. The Morgan fingerprint density at radius 2 is 1.73 bits per heavy atom. The highest BCUT2D eigenvalue weighted by molar-refractivity contribution is 7.89. The molecule has 0 bridgehead atoms. The Kier molecular flexibility index (Phi) is 6.40. The van der Waals surface area contributed by atoms with E-state index in [1.807, 2.05) is 0 Å². The fourth-order valence-corrected chi connectivity index (χ4v) is 4.85. The molecule has 1 fully saturated rings. The van der Waals surface area contributed by atoms with E-state index in [-0.39, 0.29) is 17.0 Å². The third-order valence-electron chi connectivity index (χ3n) is 4.55. The van der Waals surface area contributed by atoms with Gasteiger partial charge in [-0.3, -0.25) is 9.59 Å². The molecule has 7 nitrogen and oxygen atoms in total. The smallest absolute Gasteiger partial charge is 0.267 e. The second-order valence-electron chi connectivity index (χ2n) is 6.51. The number of methoxy groups -OCH3 is 1. The van der Waals surface area contributed by atoms with E-state index in [1.165, 1.54) is 44.4 Å². The van der Waals surface area contributed by atoms with Crippen LogP contribution in [-0.2, 0) is 19.6 Å². The van der Waals surface area contributed by atoms with Gasteiger partial charge < -0.3 is 10.1 Å². The van der Waals surface area contributed by atoms with Crippen LogP contribution in [0.25, 0.3) is 6.08 Å². The summed E-state index contributed by atoms with van der Waals surface area (Å²) in [6.45, 7) is 1.20. The molecule has 0 aromatic heterocycles. The average Bonchev–Trinajstić information content (AvgIpc) is 2.80. The predicted molar refractivity (Wildman–Crippen MR) is 114 cm³/mol. The van der Waals surface area contributed by atoms with Crippen molar-refractivity contribution < 1.29 is 22.7 Å². The van der Waals surface area contributed by atoms with Crippen LogP contribution in [-0.4, -0.2) is 44.2 Å². The molecule has 158 valence electrons. The van der Waals surface area contributed by atoms with Gasteiger partial charge in [0.05, 0.1) is 12.0 Å². The standard InChI is InChI=1S/C20H18Cl2N2O5S/c1-12-19(25)23-11-14(9-13-10-16(22)5-8-18(13)29-2)20(26)24(12)30(27,28)17-6-3-15(21)4-7-17/h3-10,12H,11H2,1-2H3,(H,23,25). The lowest BCUT2D eigenvalue weighted by Gasteiger charge is -2.25. The maximum atomic E-state index is 13.3. The normalized spacial score (nSPS) is 18.9. The number of halogens is 2. The Morgan fingerprint density at radius 1 is 1.10 bits per heavy atom. The molecule has 2 aromatic rings. The van der Waals surface area contributed by atoms with E-state index in [1.54, 1.807) is 18.2 Å². The quantitative estimate of drug-likeness (QED) is 0.695. The molecule has 10 heteroatoms. The van der Waals surface area contributed by atoms with Crippen LogP contribution >= 0.6 is 23.2 Å². The third kappa shape index (κ3) is 4.30. The topological polar surface area (TPSA) is 92.8 Å². The summed E-state index contributed by atoms with van der Waals surface area (Å²) < 4.78 is 32.3. The van der Waals surface area contributed by atoms with E-state index in [0.717, 1.165) is 0 Å². The van der Waals surface area contributed by atoms with Crippen LogP contribution in [0.4, 0.5) is 0 Å². The molecule has 3 rings (SSSR count). The Bertz CT molecular complexity index is 1130. The van der Waals surface area contributed by atoms with Crippen molar-refractivity contribution in [2.24, 2.45) is 0 Å². The van der Waals surface area contributed by atoms with Gasteiger partial charge in [-0.05, 0) is 55.5 Å². The van der Waals surface area contributed by atoms with Crippen molar-refractivity contribution in [1.29, 1.82) is 0 Å². The molecule has 1 heterocycles. The van der Waals surface area contributed by atoms with E-state index in [9.17, 15) is 18.0 Å². The number of sulfonamides is 1. The first kappa shape index (κ1) is 22.1. The maximum absolute atomic E-state index is 13.3. The van der Waals surface area contributed by atoms with Crippen LogP contribution in [0.15, 0.2) is 52.9 Å². The first-order valence-corrected chi connectivity index (χ1v) is 11.0. The summed E-state index contributed by atoms with van der Waals surface area (Å²) in [5.74, 6) is -0.976. The van der Waals surface area contributed by atoms with Crippen LogP contribution in [0.2, 0.25) is 10.0 Å². The van der Waals surface area contributed by atoms with Gasteiger partial charge in [-0.1, -0.05) is 23.2 Å². The minimum atomic E-state index is -4.32. The van der Waals surface area contributed by atoms with Crippen LogP contribution in [0, 0.1) is 0 Å². The first-order valence-electron chi connectivity index (χ1n) is 8.81. The molecule has 0 aliphatic carbocycles. The number of ether oxygens (including phenoxy) is 1. The van der Waals surface area contributed by atoms with Crippen molar-refractivity contribution >= 4 is 51.1 Å². The van der Waals surface area contributed by atoms with Crippen LogP contribution < -0.4 is 10.1 Å². The minimum Gasteiger partial charge on any atom is -0.496 e. The predicted octanol–water partition coefficient (Wildman–Crippen LogP) is 3.12. The van der Waals surface area contributed by atoms with Crippen LogP contribution in [0.1, 0.15) is 12.5 Å². The zero-order chi connectivity index (χ0) is 22.1. The highest BCUT2D eigenvalue weighted by Crippen LogP contribution is 2.28. The number of carbonyl (C=O) groups excluding carboxylic acids is 2. The zero-order valence-electron chi connectivity index (χ0n) is 16.1. The lowest BCUT2D eigenvalue weighted by Crippen LogP contribution is -2.47. The van der Waals surface area contributed by atoms with E-state index >= 15 is 0 Å². The number of hydrogen-bond donors (Lipinski definition) is 1. The summed E-state index contributed by atoms with van der Waals surface area (Å²) in [4.78, 5) is 25.5. The van der Waals surface area contributed by atoms with Gasteiger partial charge in [-0.25, -0.2) is 12.7 Å². The Balaban J connectivity index is 2.11. The SMILES string of the molecule is COc1ccc(Cl)cc1C=C1CNC(=O)C(C)N(S(=O)(=O)c2ccc(Cl)cc2)C1=O. The van der Waals surface area contributed by atoms with Crippen molar-refractivity contribution in [1.82, 2.24) is 9.62 Å². The molecule has 0 radical (unpaired) electrons. The molecular formula is C20H18Cl2N2O5S. The fourth-order valence-electron chi connectivity index (χ4n) is 2.99. The molecule has 1 saturated heterocycles. The molecule has 0 saturated carbocycles. The van der Waals surface area contributed by atoms with E-state index < -0.39 is 27.9 Å². The maximum Gasteiger partial charge on any atom is 0.267 e. The summed E-state index contributed by atoms with van der Waals surface area (Å²) >= 11 is 11.9. The number of rotatable bonds is 4. The molecular weight excluding hydrogens is 451 g/mol. The van der Waals surface area contributed by atoms with Gasteiger partial charge in [0.1, 0.15) is 11.8 Å². The summed E-state index contributed by atoms with van der Waals surface area (Å²) in [5, 5.41) is 3.33. The zero-order valence-corrected chi connectivity index (χ0v) is 18.4. The Labute approximate surface area is 184 Å². The third-order valence-corrected chi connectivity index (χ3v) is 6.91. The van der Waals surface area contributed by atoms with Crippen molar-refractivity contribution in [2.75, 3.05) is 13.7 Å². The summed E-state index contributed by atoms with van der Waals surface area (Å²) in [5.41, 5.74) is 0.534. The monoisotopic (exact) mass is 468 g/mol. The lowest BCUT2D eigenvalue weighted by atomic mass is 10.1. The van der Waals surface area contributed by atoms with Gasteiger partial charge >= 0.3 is 0 Å². The molecule has 1 aliphatic heterocycles. The summed E-state index contributed by atoms with van der Waals surface area (Å²) in [6, 6.07) is 8.94. The van der Waals surface area contributed by atoms with E-state index in [0.29, 0.717) is 25.7 Å². The fraction of sp³-hybridized carbons (Fsp3) is 0.200. The minimum absolute atomic E-state index is 0.0609. The van der Waals surface area contributed by atoms with E-state index in [4.69, 9.17) is 27.9 Å². The number of amides is 2. The van der Waals surface area contributed by atoms with Gasteiger partial charge in [0, 0.05) is 27.7 Å². The van der Waals surface area contributed by atoms with Gasteiger partial charge in [-0.15, -0.1) is 0 Å². The Hall–Kier alpha value is -2.55. The molecule has 30 heavy (non-hydrogen) atoms.